The van der Waals surface area contributed by atoms with E-state index in [4.69, 9.17) is 4.74 Å². The number of anilines is 1. The highest BCUT2D eigenvalue weighted by molar-refractivity contribution is 5.88. The molecule has 0 aromatic heterocycles. The highest BCUT2D eigenvalue weighted by Gasteiger charge is 2.06. The van der Waals surface area contributed by atoms with E-state index in [1.54, 1.807) is 7.11 Å². The molecule has 22 heavy (non-hydrogen) atoms. The van der Waals surface area contributed by atoms with Crippen LogP contribution in [0.5, 0.6) is 5.75 Å². The molecule has 2 rings (SSSR count). The molecule has 0 fully saturated rings. The number of carbonyl (C=O) groups excluding carboxylic acids is 1. The van der Waals surface area contributed by atoms with Crippen molar-refractivity contribution in [3.05, 3.63) is 59.7 Å². The van der Waals surface area contributed by atoms with Crippen LogP contribution in [0.4, 0.5) is 5.69 Å². The van der Waals surface area contributed by atoms with Gasteiger partial charge in [0, 0.05) is 25.2 Å². The van der Waals surface area contributed by atoms with Gasteiger partial charge in [-0.05, 0) is 42.3 Å². The molecule has 1 atom stereocenters. The van der Waals surface area contributed by atoms with E-state index in [0.29, 0.717) is 0 Å². The zero-order valence-corrected chi connectivity index (χ0v) is 13.2. The van der Waals surface area contributed by atoms with Crippen LogP contribution in [0, 0.1) is 0 Å². The number of hydrogen-bond donors (Lipinski definition) is 2. The summed E-state index contributed by atoms with van der Waals surface area (Å²) in [5.74, 6) is 0.800. The van der Waals surface area contributed by atoms with Crippen LogP contribution in [0.15, 0.2) is 48.5 Å². The second-order valence-electron chi connectivity index (χ2n) is 5.26. The van der Waals surface area contributed by atoms with Gasteiger partial charge in [0.25, 0.3) is 0 Å². The lowest BCUT2D eigenvalue weighted by Gasteiger charge is -2.16. The molecule has 2 aromatic rings. The van der Waals surface area contributed by atoms with Crippen molar-refractivity contribution in [3.8, 4) is 5.75 Å². The highest BCUT2D eigenvalue weighted by atomic mass is 16.5. The van der Waals surface area contributed by atoms with E-state index < -0.39 is 0 Å². The van der Waals surface area contributed by atoms with Crippen LogP contribution >= 0.6 is 0 Å². The first-order chi connectivity index (χ1) is 10.6. The summed E-state index contributed by atoms with van der Waals surface area (Å²) in [6.07, 6.45) is 0. The third-order valence-corrected chi connectivity index (χ3v) is 3.45. The number of hydrogen-bond acceptors (Lipinski definition) is 3. The molecule has 0 aliphatic rings. The molecule has 0 spiro atoms. The number of carbonyl (C=O) groups is 1. The van der Waals surface area contributed by atoms with E-state index in [-0.39, 0.29) is 11.9 Å². The van der Waals surface area contributed by atoms with Crippen molar-refractivity contribution in [2.45, 2.75) is 26.4 Å². The predicted molar refractivity (Wildman–Crippen MR) is 89.0 cm³/mol. The minimum absolute atomic E-state index is 0.0610. The first-order valence-corrected chi connectivity index (χ1v) is 7.32. The molecule has 1 unspecified atom stereocenters. The molecule has 4 heteroatoms. The Morgan fingerprint density at radius 2 is 1.95 bits per heavy atom. The topological polar surface area (TPSA) is 50.4 Å². The summed E-state index contributed by atoms with van der Waals surface area (Å²) in [7, 11) is 1.67. The van der Waals surface area contributed by atoms with Crippen molar-refractivity contribution in [2.75, 3.05) is 12.4 Å². The average molecular weight is 298 g/mol. The molecule has 0 bridgehead atoms. The Kier molecular flexibility index (Phi) is 5.55. The molecule has 0 aliphatic heterocycles. The van der Waals surface area contributed by atoms with Gasteiger partial charge >= 0.3 is 0 Å². The Bertz CT molecular complexity index is 640. The summed E-state index contributed by atoms with van der Waals surface area (Å²) in [5.41, 5.74) is 3.12. The fraction of sp³-hybridized carbons (Fsp3) is 0.278. The van der Waals surface area contributed by atoms with Gasteiger partial charge in [-0.15, -0.1) is 0 Å². The summed E-state index contributed by atoms with van der Waals surface area (Å²) in [5, 5.41) is 6.28. The quantitative estimate of drug-likeness (QED) is 0.858. The zero-order chi connectivity index (χ0) is 15.9. The normalized spacial score (nSPS) is 11.8. The smallest absolute Gasteiger partial charge is 0.221 e. The Labute approximate surface area is 131 Å². The third-order valence-electron chi connectivity index (χ3n) is 3.45. The summed E-state index contributed by atoms with van der Waals surface area (Å²) < 4.78 is 5.23. The van der Waals surface area contributed by atoms with Gasteiger partial charge in [-0.2, -0.15) is 0 Å². The highest BCUT2D eigenvalue weighted by Crippen LogP contribution is 2.19. The van der Waals surface area contributed by atoms with Crippen molar-refractivity contribution in [2.24, 2.45) is 0 Å². The minimum atomic E-state index is -0.0610. The molecule has 0 heterocycles. The summed E-state index contributed by atoms with van der Waals surface area (Å²) in [4.78, 5) is 11.1. The van der Waals surface area contributed by atoms with E-state index in [9.17, 15) is 4.79 Å². The standard InChI is InChI=1S/C18H22N2O2/c1-13(16-7-5-8-17(11-16)20-14(2)21)19-12-15-6-4-9-18(10-15)22-3/h4-11,13,19H,12H2,1-3H3,(H,20,21). The van der Waals surface area contributed by atoms with Crippen LogP contribution in [0.1, 0.15) is 31.0 Å². The maximum absolute atomic E-state index is 11.1. The summed E-state index contributed by atoms with van der Waals surface area (Å²) >= 11 is 0. The molecule has 2 N–H and O–H groups in total. The minimum Gasteiger partial charge on any atom is -0.497 e. The van der Waals surface area contributed by atoms with Gasteiger partial charge in [-0.3, -0.25) is 4.79 Å². The molecule has 0 saturated carbocycles. The zero-order valence-electron chi connectivity index (χ0n) is 13.2. The van der Waals surface area contributed by atoms with Crippen molar-refractivity contribution in [3.63, 3.8) is 0 Å². The van der Waals surface area contributed by atoms with Crippen LogP contribution in [0.3, 0.4) is 0 Å². The Balaban J connectivity index is 1.99. The van der Waals surface area contributed by atoms with E-state index in [1.807, 2.05) is 36.4 Å². The summed E-state index contributed by atoms with van der Waals surface area (Å²) in [6.45, 7) is 4.37. The lowest BCUT2D eigenvalue weighted by Crippen LogP contribution is -2.18. The van der Waals surface area contributed by atoms with Crippen LogP contribution < -0.4 is 15.4 Å². The average Bonchev–Trinajstić information content (AvgIpc) is 2.52. The second-order valence-corrected chi connectivity index (χ2v) is 5.26. The first kappa shape index (κ1) is 16.0. The van der Waals surface area contributed by atoms with Crippen molar-refractivity contribution in [1.29, 1.82) is 0 Å². The molecule has 0 radical (unpaired) electrons. The van der Waals surface area contributed by atoms with Gasteiger partial charge < -0.3 is 15.4 Å². The van der Waals surface area contributed by atoms with Crippen LogP contribution in [-0.4, -0.2) is 13.0 Å². The molecule has 0 saturated heterocycles. The SMILES string of the molecule is COc1cccc(CNC(C)c2cccc(NC(C)=O)c2)c1. The van der Waals surface area contributed by atoms with Gasteiger partial charge in [-0.25, -0.2) is 0 Å². The van der Waals surface area contributed by atoms with Crippen LogP contribution in [-0.2, 0) is 11.3 Å². The Morgan fingerprint density at radius 3 is 2.68 bits per heavy atom. The van der Waals surface area contributed by atoms with E-state index in [1.165, 1.54) is 12.5 Å². The lowest BCUT2D eigenvalue weighted by atomic mass is 10.1. The van der Waals surface area contributed by atoms with Crippen molar-refractivity contribution in [1.82, 2.24) is 5.32 Å². The molecular formula is C18H22N2O2. The molecule has 4 nitrogen and oxygen atoms in total. The van der Waals surface area contributed by atoms with Gasteiger partial charge in [0.1, 0.15) is 5.75 Å². The van der Waals surface area contributed by atoms with Crippen molar-refractivity contribution >= 4 is 11.6 Å². The van der Waals surface area contributed by atoms with Crippen LogP contribution in [0.25, 0.3) is 0 Å². The molecule has 116 valence electrons. The fourth-order valence-electron chi connectivity index (χ4n) is 2.26. The molecule has 2 aromatic carbocycles. The van der Waals surface area contributed by atoms with Crippen molar-refractivity contribution < 1.29 is 9.53 Å². The number of methoxy groups -OCH3 is 1. The maximum atomic E-state index is 11.1. The first-order valence-electron chi connectivity index (χ1n) is 7.32. The number of nitrogens with one attached hydrogen (secondary N) is 2. The maximum Gasteiger partial charge on any atom is 0.221 e. The lowest BCUT2D eigenvalue weighted by molar-refractivity contribution is -0.114. The number of rotatable bonds is 6. The molecule has 1 amide bonds. The molecular weight excluding hydrogens is 276 g/mol. The monoisotopic (exact) mass is 298 g/mol. The van der Waals surface area contributed by atoms with Gasteiger partial charge in [0.05, 0.1) is 7.11 Å². The largest absolute Gasteiger partial charge is 0.497 e. The van der Waals surface area contributed by atoms with Gasteiger partial charge in [0.2, 0.25) is 5.91 Å². The molecule has 0 aliphatic carbocycles. The Hall–Kier alpha value is -2.33. The summed E-state index contributed by atoms with van der Waals surface area (Å²) in [6, 6.07) is 16.1. The predicted octanol–water partition coefficient (Wildman–Crippen LogP) is 3.50. The van der Waals surface area contributed by atoms with Gasteiger partial charge in [-0.1, -0.05) is 24.3 Å². The Morgan fingerprint density at radius 1 is 1.18 bits per heavy atom. The van der Waals surface area contributed by atoms with E-state index >= 15 is 0 Å². The second kappa shape index (κ2) is 7.61. The van der Waals surface area contributed by atoms with Crippen LogP contribution in [0.2, 0.25) is 0 Å². The number of amides is 1. The fourth-order valence-corrected chi connectivity index (χ4v) is 2.26. The number of benzene rings is 2. The number of ether oxygens (including phenoxy) is 1. The van der Waals surface area contributed by atoms with Gasteiger partial charge in [0.15, 0.2) is 0 Å². The third kappa shape index (κ3) is 4.60. The van der Waals surface area contributed by atoms with E-state index in [0.717, 1.165) is 23.5 Å². The van der Waals surface area contributed by atoms with E-state index in [2.05, 4.69) is 29.7 Å².